The molecule has 1 aromatic heterocycles. The number of hydrogen-bond donors (Lipinski definition) is 2. The van der Waals surface area contributed by atoms with Crippen LogP contribution in [0.5, 0.6) is 0 Å². The molecule has 1 saturated heterocycles. The molecular weight excluding hydrogens is 298 g/mol. The number of nitrogens with zero attached hydrogens (tertiary/aromatic N) is 1. The topological polar surface area (TPSA) is 91.7 Å². The number of likely N-dealkylation sites (tertiary alicyclic amines) is 1. The lowest BCUT2D eigenvalue weighted by Gasteiger charge is -2.31. The average Bonchev–Trinajstić information content (AvgIpc) is 3.05. The first kappa shape index (κ1) is 17.1. The molecule has 1 atom stereocenters. The van der Waals surface area contributed by atoms with Gasteiger partial charge < -0.3 is 9.32 Å². The van der Waals surface area contributed by atoms with Gasteiger partial charge in [0.25, 0.3) is 5.91 Å². The highest BCUT2D eigenvalue weighted by atomic mass is 16.3. The van der Waals surface area contributed by atoms with Crippen LogP contribution in [0, 0.1) is 11.8 Å². The van der Waals surface area contributed by atoms with E-state index in [1.54, 1.807) is 11.0 Å². The minimum Gasteiger partial charge on any atom is -0.472 e. The van der Waals surface area contributed by atoms with E-state index in [0.29, 0.717) is 31.5 Å². The van der Waals surface area contributed by atoms with Crippen LogP contribution in [0.15, 0.2) is 23.0 Å². The standard InChI is InChI=1S/C16H23N3O4/c1-11(2)8-14(20)17-18-15(21)12-4-3-6-19(9-12)16(22)13-5-7-23-10-13/h5,7,10-12H,3-4,6,8-9H2,1-2H3,(H,17,20)(H,18,21)/t12-/m0/s1. The van der Waals surface area contributed by atoms with Gasteiger partial charge in [-0.1, -0.05) is 13.8 Å². The molecule has 0 unspecified atom stereocenters. The van der Waals surface area contributed by atoms with E-state index in [-0.39, 0.29) is 29.6 Å². The number of furan rings is 1. The highest BCUT2D eigenvalue weighted by molar-refractivity contribution is 5.94. The lowest BCUT2D eigenvalue weighted by Crippen LogP contribution is -2.50. The first-order valence-electron chi connectivity index (χ1n) is 7.87. The van der Waals surface area contributed by atoms with Crippen LogP contribution in [0.1, 0.15) is 43.5 Å². The summed E-state index contributed by atoms with van der Waals surface area (Å²) in [5.41, 5.74) is 5.37. The van der Waals surface area contributed by atoms with E-state index in [1.807, 2.05) is 13.8 Å². The van der Waals surface area contributed by atoms with Crippen molar-refractivity contribution in [3.63, 3.8) is 0 Å². The number of piperidine rings is 1. The molecule has 2 rings (SSSR count). The predicted molar refractivity (Wildman–Crippen MR) is 83.1 cm³/mol. The van der Waals surface area contributed by atoms with Gasteiger partial charge in [-0.05, 0) is 24.8 Å². The second kappa shape index (κ2) is 7.80. The summed E-state index contributed by atoms with van der Waals surface area (Å²) in [5.74, 6) is -0.703. The normalized spacial score (nSPS) is 17.9. The molecule has 0 bridgehead atoms. The number of carbonyl (C=O) groups is 3. The highest BCUT2D eigenvalue weighted by Gasteiger charge is 2.29. The number of nitrogens with one attached hydrogen (secondary N) is 2. The smallest absolute Gasteiger partial charge is 0.257 e. The predicted octanol–water partition coefficient (Wildman–Crippen LogP) is 1.33. The molecule has 1 fully saturated rings. The maximum absolute atomic E-state index is 12.3. The maximum atomic E-state index is 12.3. The fraction of sp³-hybridized carbons (Fsp3) is 0.562. The number of hydrazine groups is 1. The van der Waals surface area contributed by atoms with E-state index < -0.39 is 0 Å². The third-order valence-corrected chi connectivity index (χ3v) is 3.77. The molecule has 2 N–H and O–H groups in total. The fourth-order valence-corrected chi connectivity index (χ4v) is 2.60. The number of hydrogen-bond acceptors (Lipinski definition) is 4. The third-order valence-electron chi connectivity index (χ3n) is 3.77. The Kier molecular flexibility index (Phi) is 5.78. The zero-order valence-electron chi connectivity index (χ0n) is 13.5. The molecule has 7 nitrogen and oxygen atoms in total. The van der Waals surface area contributed by atoms with E-state index in [1.165, 1.54) is 12.5 Å². The average molecular weight is 321 g/mol. The summed E-state index contributed by atoms with van der Waals surface area (Å²) < 4.78 is 4.92. The Morgan fingerprint density at radius 2 is 2.13 bits per heavy atom. The molecular formula is C16H23N3O4. The van der Waals surface area contributed by atoms with Gasteiger partial charge in [0, 0.05) is 19.5 Å². The fourth-order valence-electron chi connectivity index (χ4n) is 2.60. The van der Waals surface area contributed by atoms with Crippen molar-refractivity contribution in [1.82, 2.24) is 15.8 Å². The van der Waals surface area contributed by atoms with Crippen molar-refractivity contribution in [2.75, 3.05) is 13.1 Å². The van der Waals surface area contributed by atoms with E-state index in [9.17, 15) is 14.4 Å². The van der Waals surface area contributed by atoms with Crippen LogP contribution in [0.25, 0.3) is 0 Å². The van der Waals surface area contributed by atoms with E-state index >= 15 is 0 Å². The molecule has 1 aliphatic heterocycles. The second-order valence-electron chi connectivity index (χ2n) is 6.24. The summed E-state index contributed by atoms with van der Waals surface area (Å²) in [6.07, 6.45) is 4.66. The molecule has 0 radical (unpaired) electrons. The van der Waals surface area contributed by atoms with E-state index in [0.717, 1.165) is 6.42 Å². The van der Waals surface area contributed by atoms with Crippen LogP contribution < -0.4 is 10.9 Å². The minimum absolute atomic E-state index is 0.139. The van der Waals surface area contributed by atoms with Crippen molar-refractivity contribution in [3.05, 3.63) is 24.2 Å². The maximum Gasteiger partial charge on any atom is 0.257 e. The van der Waals surface area contributed by atoms with Crippen molar-refractivity contribution in [2.24, 2.45) is 11.8 Å². The molecule has 2 heterocycles. The van der Waals surface area contributed by atoms with Crippen LogP contribution in [0.2, 0.25) is 0 Å². The van der Waals surface area contributed by atoms with Crippen LogP contribution in [-0.4, -0.2) is 35.7 Å². The second-order valence-corrected chi connectivity index (χ2v) is 6.24. The first-order chi connectivity index (χ1) is 11.0. The largest absolute Gasteiger partial charge is 0.472 e. The molecule has 3 amide bonds. The molecule has 1 aromatic rings. The molecule has 0 saturated carbocycles. The zero-order valence-corrected chi connectivity index (χ0v) is 13.5. The van der Waals surface area contributed by atoms with Gasteiger partial charge in [-0.2, -0.15) is 0 Å². The monoisotopic (exact) mass is 321 g/mol. The summed E-state index contributed by atoms with van der Waals surface area (Å²) in [7, 11) is 0. The summed E-state index contributed by atoms with van der Waals surface area (Å²) in [6.45, 7) is 4.83. The zero-order chi connectivity index (χ0) is 16.8. The summed E-state index contributed by atoms with van der Waals surface area (Å²) in [6, 6.07) is 1.61. The Bertz CT molecular complexity index is 554. The van der Waals surface area contributed by atoms with E-state index in [4.69, 9.17) is 4.42 Å². The van der Waals surface area contributed by atoms with Crippen LogP contribution in [0.4, 0.5) is 0 Å². The van der Waals surface area contributed by atoms with Crippen molar-refractivity contribution in [3.8, 4) is 0 Å². The van der Waals surface area contributed by atoms with Gasteiger partial charge in [0.15, 0.2) is 0 Å². The Balaban J connectivity index is 1.84. The van der Waals surface area contributed by atoms with Crippen LogP contribution in [0.3, 0.4) is 0 Å². The Labute approximate surface area is 135 Å². The first-order valence-corrected chi connectivity index (χ1v) is 7.87. The van der Waals surface area contributed by atoms with Crippen LogP contribution in [-0.2, 0) is 9.59 Å². The van der Waals surface area contributed by atoms with Crippen LogP contribution >= 0.6 is 0 Å². The van der Waals surface area contributed by atoms with Gasteiger partial charge in [0.2, 0.25) is 11.8 Å². The van der Waals surface area contributed by atoms with Gasteiger partial charge in [-0.15, -0.1) is 0 Å². The molecule has 23 heavy (non-hydrogen) atoms. The SMILES string of the molecule is CC(C)CC(=O)NNC(=O)[C@H]1CCCN(C(=O)c2ccoc2)C1. The molecule has 126 valence electrons. The lowest BCUT2D eigenvalue weighted by molar-refractivity contribution is -0.132. The quantitative estimate of drug-likeness (QED) is 0.818. The summed E-state index contributed by atoms with van der Waals surface area (Å²) in [5, 5.41) is 0. The van der Waals surface area contributed by atoms with Gasteiger partial charge in [0.05, 0.1) is 17.7 Å². The van der Waals surface area contributed by atoms with Gasteiger partial charge in [0.1, 0.15) is 6.26 Å². The molecule has 0 aromatic carbocycles. The van der Waals surface area contributed by atoms with Crippen molar-refractivity contribution in [1.29, 1.82) is 0 Å². The van der Waals surface area contributed by atoms with Gasteiger partial charge >= 0.3 is 0 Å². The molecule has 0 aliphatic carbocycles. The van der Waals surface area contributed by atoms with Crippen molar-refractivity contribution in [2.45, 2.75) is 33.1 Å². The van der Waals surface area contributed by atoms with Crippen molar-refractivity contribution >= 4 is 17.7 Å². The third kappa shape index (κ3) is 4.84. The van der Waals surface area contributed by atoms with Gasteiger partial charge in [-0.3, -0.25) is 25.2 Å². The van der Waals surface area contributed by atoms with Crippen molar-refractivity contribution < 1.29 is 18.8 Å². The summed E-state index contributed by atoms with van der Waals surface area (Å²) >= 11 is 0. The molecule has 7 heteroatoms. The number of amides is 3. The Hall–Kier alpha value is -2.31. The minimum atomic E-state index is -0.320. The Morgan fingerprint density at radius 3 is 2.78 bits per heavy atom. The highest BCUT2D eigenvalue weighted by Crippen LogP contribution is 2.19. The van der Waals surface area contributed by atoms with E-state index in [2.05, 4.69) is 10.9 Å². The Morgan fingerprint density at radius 1 is 1.35 bits per heavy atom. The lowest BCUT2D eigenvalue weighted by atomic mass is 9.97. The molecule has 0 spiro atoms. The molecule has 1 aliphatic rings. The number of rotatable bonds is 4. The summed E-state index contributed by atoms with van der Waals surface area (Å²) in [4.78, 5) is 37.7. The number of carbonyl (C=O) groups excluding carboxylic acids is 3. The van der Waals surface area contributed by atoms with Gasteiger partial charge in [-0.25, -0.2) is 0 Å².